The van der Waals surface area contributed by atoms with Crippen molar-refractivity contribution in [2.45, 2.75) is 33.2 Å². The van der Waals surface area contributed by atoms with Gasteiger partial charge in [0.05, 0.1) is 17.9 Å². The number of aromatic nitrogens is 4. The SMILES string of the molecule is CCOC(=O)n1nc(C)cc1Nc1cc(N2CCN(CC)CC2)nc(NC2CCN(C(=O)c3ccc(Cl)cc3F)C2)n1. The molecular weight excluding hydrogens is 565 g/mol. The topological polar surface area (TPSA) is 121 Å². The number of halogens is 2. The van der Waals surface area contributed by atoms with Crippen LogP contribution in [0.3, 0.4) is 0 Å². The minimum absolute atomic E-state index is 0.00971. The summed E-state index contributed by atoms with van der Waals surface area (Å²) in [5.41, 5.74) is 0.631. The Bertz CT molecular complexity index is 1440. The van der Waals surface area contributed by atoms with Gasteiger partial charge < -0.3 is 30.1 Å². The molecule has 0 bridgehead atoms. The molecule has 1 atom stereocenters. The Balaban J connectivity index is 1.36. The normalized spacial score (nSPS) is 17.4. The average molecular weight is 600 g/mol. The van der Waals surface area contributed by atoms with E-state index >= 15 is 0 Å². The van der Waals surface area contributed by atoms with Crippen molar-refractivity contribution in [3.63, 3.8) is 0 Å². The van der Waals surface area contributed by atoms with Crippen molar-refractivity contribution in [2.24, 2.45) is 0 Å². The molecular formula is C28H35ClFN9O3. The highest BCUT2D eigenvalue weighted by molar-refractivity contribution is 6.30. The molecule has 12 nitrogen and oxygen atoms in total. The van der Waals surface area contributed by atoms with Crippen LogP contribution in [-0.4, -0.2) is 100 Å². The van der Waals surface area contributed by atoms with Crippen LogP contribution < -0.4 is 15.5 Å². The van der Waals surface area contributed by atoms with Crippen LogP contribution in [0, 0.1) is 12.7 Å². The molecule has 1 amide bonds. The molecule has 1 unspecified atom stereocenters. The van der Waals surface area contributed by atoms with Gasteiger partial charge in [-0.1, -0.05) is 18.5 Å². The van der Waals surface area contributed by atoms with Crippen LogP contribution in [0.4, 0.5) is 32.6 Å². The van der Waals surface area contributed by atoms with Crippen LogP contribution in [0.25, 0.3) is 0 Å². The first-order chi connectivity index (χ1) is 20.2. The van der Waals surface area contributed by atoms with E-state index in [9.17, 15) is 14.0 Å². The molecule has 14 heteroatoms. The Labute approximate surface area is 248 Å². The lowest BCUT2D eigenvalue weighted by Gasteiger charge is -2.35. The van der Waals surface area contributed by atoms with Gasteiger partial charge in [0.25, 0.3) is 5.91 Å². The third-order valence-electron chi connectivity index (χ3n) is 7.35. The van der Waals surface area contributed by atoms with E-state index in [1.54, 1.807) is 24.8 Å². The quantitative estimate of drug-likeness (QED) is 0.393. The average Bonchev–Trinajstić information content (AvgIpc) is 3.59. The van der Waals surface area contributed by atoms with Gasteiger partial charge in [0.2, 0.25) is 5.95 Å². The predicted molar refractivity (Wildman–Crippen MR) is 158 cm³/mol. The van der Waals surface area contributed by atoms with Crippen molar-refractivity contribution in [1.82, 2.24) is 29.5 Å². The maximum Gasteiger partial charge on any atom is 0.436 e. The largest absolute Gasteiger partial charge is 0.448 e. The number of ether oxygens (including phenoxy) is 1. The summed E-state index contributed by atoms with van der Waals surface area (Å²) in [6, 6.07) is 7.50. The number of anilines is 4. The molecule has 0 saturated carbocycles. The molecule has 4 heterocycles. The number of aryl methyl sites for hydroxylation is 1. The Hall–Kier alpha value is -3.97. The molecule has 2 aliphatic rings. The standard InChI is InChI=1S/C28H35ClFN9O3/c1-4-36-10-12-37(13-11-36)24-16-23(32-25-14-18(3)35-39(25)28(41)42-5-2)33-27(34-24)31-20-8-9-38(17-20)26(40)21-7-6-19(29)15-22(21)30/h6-7,14-16,20H,4-5,8-13,17H2,1-3H3,(H2,31,32,33,34). The van der Waals surface area contributed by atoms with E-state index in [4.69, 9.17) is 21.3 Å². The van der Waals surface area contributed by atoms with Gasteiger partial charge in [-0.05, 0) is 45.0 Å². The van der Waals surface area contributed by atoms with E-state index in [1.165, 1.54) is 16.8 Å². The predicted octanol–water partition coefficient (Wildman–Crippen LogP) is 3.99. The lowest BCUT2D eigenvalue weighted by atomic mass is 10.2. The molecule has 0 aliphatic carbocycles. The van der Waals surface area contributed by atoms with Gasteiger partial charge in [0.1, 0.15) is 23.3 Å². The zero-order valence-corrected chi connectivity index (χ0v) is 24.7. The molecule has 2 aromatic heterocycles. The first-order valence-electron chi connectivity index (χ1n) is 14.1. The molecule has 42 heavy (non-hydrogen) atoms. The van der Waals surface area contributed by atoms with E-state index in [2.05, 4.69) is 37.4 Å². The first kappa shape index (κ1) is 29.5. The fourth-order valence-electron chi connectivity index (χ4n) is 5.14. The number of benzene rings is 1. The number of likely N-dealkylation sites (N-methyl/N-ethyl adjacent to an activating group) is 1. The highest BCUT2D eigenvalue weighted by Crippen LogP contribution is 2.26. The van der Waals surface area contributed by atoms with E-state index < -0.39 is 11.9 Å². The summed E-state index contributed by atoms with van der Waals surface area (Å²) >= 11 is 5.85. The Kier molecular flexibility index (Phi) is 9.07. The van der Waals surface area contributed by atoms with Crippen LogP contribution in [-0.2, 0) is 4.74 Å². The maximum absolute atomic E-state index is 14.4. The minimum atomic E-state index is -0.642. The second-order valence-corrected chi connectivity index (χ2v) is 10.7. The number of piperazine rings is 1. The summed E-state index contributed by atoms with van der Waals surface area (Å²) in [4.78, 5) is 41.2. The molecule has 2 fully saturated rings. The molecule has 0 radical (unpaired) electrons. The van der Waals surface area contributed by atoms with Gasteiger partial charge in [-0.2, -0.15) is 15.1 Å². The van der Waals surface area contributed by atoms with Gasteiger partial charge in [0, 0.05) is 62.5 Å². The van der Waals surface area contributed by atoms with Crippen LogP contribution in [0.1, 0.15) is 36.3 Å². The fourth-order valence-corrected chi connectivity index (χ4v) is 5.30. The van der Waals surface area contributed by atoms with Gasteiger partial charge >= 0.3 is 6.09 Å². The van der Waals surface area contributed by atoms with E-state index in [0.717, 1.165) is 44.6 Å². The minimum Gasteiger partial charge on any atom is -0.448 e. The monoisotopic (exact) mass is 599 g/mol. The molecule has 224 valence electrons. The molecule has 1 aromatic carbocycles. The smallest absolute Gasteiger partial charge is 0.436 e. The summed E-state index contributed by atoms with van der Waals surface area (Å²) in [6.07, 6.45) is 0.0469. The number of carbonyl (C=O) groups excluding carboxylic acids is 2. The van der Waals surface area contributed by atoms with Crippen LogP contribution in [0.15, 0.2) is 30.3 Å². The number of hydrogen-bond acceptors (Lipinski definition) is 10. The number of nitrogens with zero attached hydrogens (tertiary/aromatic N) is 7. The van der Waals surface area contributed by atoms with Gasteiger partial charge in [-0.3, -0.25) is 4.79 Å². The zero-order valence-electron chi connectivity index (χ0n) is 23.9. The molecule has 2 N–H and O–H groups in total. The maximum atomic E-state index is 14.4. The number of rotatable bonds is 8. The van der Waals surface area contributed by atoms with Crippen molar-refractivity contribution in [3.8, 4) is 0 Å². The number of carbonyl (C=O) groups is 2. The Morgan fingerprint density at radius 3 is 2.60 bits per heavy atom. The van der Waals surface area contributed by atoms with Gasteiger partial charge in [-0.25, -0.2) is 9.18 Å². The fraction of sp³-hybridized carbons (Fsp3) is 0.464. The second-order valence-electron chi connectivity index (χ2n) is 10.3. The number of nitrogens with one attached hydrogen (secondary N) is 2. The van der Waals surface area contributed by atoms with Crippen LogP contribution in [0.5, 0.6) is 0 Å². The summed E-state index contributed by atoms with van der Waals surface area (Å²) < 4.78 is 20.7. The van der Waals surface area contributed by atoms with E-state index in [1.807, 2.05) is 6.07 Å². The molecule has 2 aliphatic heterocycles. The Morgan fingerprint density at radius 1 is 1.10 bits per heavy atom. The van der Waals surface area contributed by atoms with Crippen molar-refractivity contribution in [3.05, 3.63) is 52.4 Å². The lowest BCUT2D eigenvalue weighted by Crippen LogP contribution is -2.46. The number of amides is 1. The molecule has 3 aromatic rings. The lowest BCUT2D eigenvalue weighted by molar-refractivity contribution is 0.0787. The summed E-state index contributed by atoms with van der Waals surface area (Å²) in [7, 11) is 0. The van der Waals surface area contributed by atoms with Crippen molar-refractivity contribution in [1.29, 1.82) is 0 Å². The Morgan fingerprint density at radius 2 is 1.88 bits per heavy atom. The summed E-state index contributed by atoms with van der Waals surface area (Å²) in [5.74, 6) is 0.973. The summed E-state index contributed by atoms with van der Waals surface area (Å²) in [6.45, 7) is 11.2. The highest BCUT2D eigenvalue weighted by Gasteiger charge is 2.29. The number of hydrogen-bond donors (Lipinski definition) is 2. The van der Waals surface area contributed by atoms with E-state index in [0.29, 0.717) is 42.8 Å². The second kappa shape index (κ2) is 12.9. The van der Waals surface area contributed by atoms with Crippen LogP contribution >= 0.6 is 11.6 Å². The van der Waals surface area contributed by atoms with Crippen LogP contribution in [0.2, 0.25) is 5.02 Å². The highest BCUT2D eigenvalue weighted by atomic mass is 35.5. The van der Waals surface area contributed by atoms with Gasteiger partial charge in [-0.15, -0.1) is 4.68 Å². The van der Waals surface area contributed by atoms with Crippen molar-refractivity contribution < 1.29 is 18.7 Å². The summed E-state index contributed by atoms with van der Waals surface area (Å²) in [5, 5.41) is 11.1. The molecule has 0 spiro atoms. The van der Waals surface area contributed by atoms with Crippen molar-refractivity contribution in [2.75, 3.05) is 68.0 Å². The molecule has 5 rings (SSSR count). The first-order valence-corrected chi connectivity index (χ1v) is 14.5. The van der Waals surface area contributed by atoms with Crippen molar-refractivity contribution >= 4 is 47.0 Å². The third kappa shape index (κ3) is 6.73. The van der Waals surface area contributed by atoms with E-state index in [-0.39, 0.29) is 29.1 Å². The third-order valence-corrected chi connectivity index (χ3v) is 7.59. The zero-order chi connectivity index (χ0) is 29.8. The van der Waals surface area contributed by atoms with Gasteiger partial charge in [0.15, 0.2) is 0 Å². The number of likely N-dealkylation sites (tertiary alicyclic amines) is 1. The molecule has 2 saturated heterocycles.